The first-order valence-corrected chi connectivity index (χ1v) is 7.07. The van der Waals surface area contributed by atoms with E-state index < -0.39 is 0 Å². The molecule has 1 nitrogen and oxygen atoms in total. The summed E-state index contributed by atoms with van der Waals surface area (Å²) in [7, 11) is 0. The third-order valence-electron chi connectivity index (χ3n) is 3.54. The summed E-state index contributed by atoms with van der Waals surface area (Å²) in [6.07, 6.45) is 7.24. The highest BCUT2D eigenvalue weighted by Crippen LogP contribution is 2.34. The summed E-state index contributed by atoms with van der Waals surface area (Å²) in [4.78, 5) is 0. The van der Waals surface area contributed by atoms with Crippen LogP contribution in [0.2, 0.25) is 0 Å². The van der Waals surface area contributed by atoms with E-state index in [2.05, 4.69) is 30.9 Å². The van der Waals surface area contributed by atoms with Crippen LogP contribution in [0.3, 0.4) is 0 Å². The van der Waals surface area contributed by atoms with Crippen LogP contribution in [0.1, 0.15) is 46.0 Å². The molecule has 0 spiro atoms. The molecule has 0 radical (unpaired) electrons. The summed E-state index contributed by atoms with van der Waals surface area (Å²) in [6, 6.07) is 0. The first-order valence-electron chi connectivity index (χ1n) is 6.02. The molecule has 2 heterocycles. The van der Waals surface area contributed by atoms with Crippen molar-refractivity contribution in [3.63, 3.8) is 0 Å². The molecule has 0 bridgehead atoms. The molecular weight excluding hydrogens is 190 g/mol. The van der Waals surface area contributed by atoms with Gasteiger partial charge in [-0.25, -0.2) is 0 Å². The average molecular weight is 213 g/mol. The van der Waals surface area contributed by atoms with Gasteiger partial charge in [-0.1, -0.05) is 6.42 Å². The fourth-order valence-corrected chi connectivity index (χ4v) is 4.26. The van der Waals surface area contributed by atoms with E-state index in [4.69, 9.17) is 0 Å². The lowest BCUT2D eigenvalue weighted by atomic mass is 9.92. The SMILES string of the molecule is CC1(C)CC(CC2CCCCS2)CN1. The van der Waals surface area contributed by atoms with E-state index in [-0.39, 0.29) is 0 Å². The van der Waals surface area contributed by atoms with Crippen LogP contribution in [0.25, 0.3) is 0 Å². The Morgan fingerprint density at radius 1 is 1.36 bits per heavy atom. The molecule has 0 amide bonds. The van der Waals surface area contributed by atoms with Crippen molar-refractivity contribution in [2.45, 2.75) is 56.7 Å². The van der Waals surface area contributed by atoms with Gasteiger partial charge in [0.15, 0.2) is 0 Å². The first-order chi connectivity index (χ1) is 6.66. The maximum atomic E-state index is 3.63. The fourth-order valence-electron chi connectivity index (χ4n) is 2.82. The molecule has 0 saturated carbocycles. The zero-order valence-corrected chi connectivity index (χ0v) is 10.3. The van der Waals surface area contributed by atoms with Crippen LogP contribution in [-0.4, -0.2) is 23.1 Å². The maximum Gasteiger partial charge on any atom is 0.0128 e. The molecule has 0 aromatic carbocycles. The molecule has 2 atom stereocenters. The second kappa shape index (κ2) is 4.44. The van der Waals surface area contributed by atoms with Gasteiger partial charge in [-0.2, -0.15) is 11.8 Å². The van der Waals surface area contributed by atoms with Crippen molar-refractivity contribution >= 4 is 11.8 Å². The van der Waals surface area contributed by atoms with Crippen molar-refractivity contribution in [2.24, 2.45) is 5.92 Å². The van der Waals surface area contributed by atoms with Crippen LogP contribution < -0.4 is 5.32 Å². The van der Waals surface area contributed by atoms with E-state index in [1.807, 2.05) is 0 Å². The Hall–Kier alpha value is 0.310. The topological polar surface area (TPSA) is 12.0 Å². The number of nitrogens with one attached hydrogen (secondary N) is 1. The second-order valence-electron chi connectivity index (χ2n) is 5.56. The summed E-state index contributed by atoms with van der Waals surface area (Å²) in [5.41, 5.74) is 0.407. The lowest BCUT2D eigenvalue weighted by Crippen LogP contribution is -2.31. The number of hydrogen-bond donors (Lipinski definition) is 1. The molecule has 0 aromatic rings. The highest BCUT2D eigenvalue weighted by Gasteiger charge is 2.31. The van der Waals surface area contributed by atoms with E-state index in [9.17, 15) is 0 Å². The summed E-state index contributed by atoms with van der Waals surface area (Å²) < 4.78 is 0. The zero-order chi connectivity index (χ0) is 10.0. The van der Waals surface area contributed by atoms with Crippen molar-refractivity contribution in [3.05, 3.63) is 0 Å². The predicted octanol–water partition coefficient (Wildman–Crippen LogP) is 3.05. The van der Waals surface area contributed by atoms with Gasteiger partial charge in [-0.15, -0.1) is 0 Å². The molecule has 2 unspecified atom stereocenters. The van der Waals surface area contributed by atoms with Gasteiger partial charge < -0.3 is 5.32 Å². The predicted molar refractivity (Wildman–Crippen MR) is 64.9 cm³/mol. The van der Waals surface area contributed by atoms with Crippen molar-refractivity contribution < 1.29 is 0 Å². The van der Waals surface area contributed by atoms with Crippen molar-refractivity contribution in [1.82, 2.24) is 5.32 Å². The minimum atomic E-state index is 0.407. The van der Waals surface area contributed by atoms with Crippen LogP contribution in [0.4, 0.5) is 0 Å². The molecule has 0 aliphatic carbocycles. The molecule has 0 aromatic heterocycles. The molecule has 2 rings (SSSR count). The second-order valence-corrected chi connectivity index (χ2v) is 6.97. The minimum absolute atomic E-state index is 0.407. The molecule has 2 saturated heterocycles. The van der Waals surface area contributed by atoms with Crippen LogP contribution in [0.5, 0.6) is 0 Å². The van der Waals surface area contributed by atoms with Gasteiger partial charge in [0.05, 0.1) is 0 Å². The molecule has 1 N–H and O–H groups in total. The van der Waals surface area contributed by atoms with Gasteiger partial charge in [0.2, 0.25) is 0 Å². The lowest BCUT2D eigenvalue weighted by Gasteiger charge is -2.24. The number of rotatable bonds is 2. The average Bonchev–Trinajstić information content (AvgIpc) is 2.47. The highest BCUT2D eigenvalue weighted by atomic mass is 32.2. The van der Waals surface area contributed by atoms with E-state index >= 15 is 0 Å². The van der Waals surface area contributed by atoms with Crippen LogP contribution in [-0.2, 0) is 0 Å². The van der Waals surface area contributed by atoms with Gasteiger partial charge in [0.25, 0.3) is 0 Å². The van der Waals surface area contributed by atoms with Crippen molar-refractivity contribution in [2.75, 3.05) is 12.3 Å². The van der Waals surface area contributed by atoms with Gasteiger partial charge in [-0.05, 0) is 57.7 Å². The summed E-state index contributed by atoms with van der Waals surface area (Å²) in [5.74, 6) is 2.36. The standard InChI is InChI=1S/C12H23NS/c1-12(2)8-10(9-13-12)7-11-5-3-4-6-14-11/h10-11,13H,3-9H2,1-2H3. The van der Waals surface area contributed by atoms with E-state index in [0.717, 1.165) is 11.2 Å². The van der Waals surface area contributed by atoms with Crippen molar-refractivity contribution in [3.8, 4) is 0 Å². The van der Waals surface area contributed by atoms with Gasteiger partial charge in [0, 0.05) is 10.8 Å². The molecular formula is C12H23NS. The van der Waals surface area contributed by atoms with Crippen LogP contribution >= 0.6 is 11.8 Å². The third kappa shape index (κ3) is 2.90. The minimum Gasteiger partial charge on any atom is -0.312 e. The summed E-state index contributed by atoms with van der Waals surface area (Å²) >= 11 is 2.22. The molecule has 2 aliphatic rings. The van der Waals surface area contributed by atoms with E-state index in [0.29, 0.717) is 5.54 Å². The van der Waals surface area contributed by atoms with Gasteiger partial charge in [-0.3, -0.25) is 0 Å². The maximum absolute atomic E-state index is 3.63. The number of hydrogen-bond acceptors (Lipinski definition) is 2. The lowest BCUT2D eigenvalue weighted by molar-refractivity contribution is 0.425. The Labute approximate surface area is 92.4 Å². The molecule has 2 fully saturated rings. The Balaban J connectivity index is 1.75. The summed E-state index contributed by atoms with van der Waals surface area (Å²) in [5, 5.41) is 4.60. The van der Waals surface area contributed by atoms with E-state index in [1.165, 1.54) is 44.4 Å². The molecule has 2 aliphatic heterocycles. The highest BCUT2D eigenvalue weighted by molar-refractivity contribution is 7.99. The van der Waals surface area contributed by atoms with Crippen molar-refractivity contribution in [1.29, 1.82) is 0 Å². The Morgan fingerprint density at radius 3 is 2.79 bits per heavy atom. The van der Waals surface area contributed by atoms with Gasteiger partial charge in [0.1, 0.15) is 0 Å². The van der Waals surface area contributed by atoms with Gasteiger partial charge >= 0.3 is 0 Å². The summed E-state index contributed by atoms with van der Waals surface area (Å²) in [6.45, 7) is 5.92. The number of thioether (sulfide) groups is 1. The smallest absolute Gasteiger partial charge is 0.0128 e. The molecule has 14 heavy (non-hydrogen) atoms. The van der Waals surface area contributed by atoms with Crippen LogP contribution in [0.15, 0.2) is 0 Å². The Kier molecular flexibility index (Phi) is 3.43. The molecule has 2 heteroatoms. The zero-order valence-electron chi connectivity index (χ0n) is 9.51. The molecule has 82 valence electrons. The Bertz CT molecular complexity index is 185. The normalized spacial score (nSPS) is 37.3. The first kappa shape index (κ1) is 10.8. The quantitative estimate of drug-likeness (QED) is 0.756. The largest absolute Gasteiger partial charge is 0.312 e. The monoisotopic (exact) mass is 213 g/mol. The fraction of sp³-hybridized carbons (Fsp3) is 1.00. The third-order valence-corrected chi connectivity index (χ3v) is 4.96. The van der Waals surface area contributed by atoms with E-state index in [1.54, 1.807) is 0 Å². The Morgan fingerprint density at radius 2 is 2.21 bits per heavy atom. The van der Waals surface area contributed by atoms with Crippen LogP contribution in [0, 0.1) is 5.92 Å².